The third-order valence-corrected chi connectivity index (χ3v) is 5.30. The van der Waals surface area contributed by atoms with Gasteiger partial charge in [0.1, 0.15) is 0 Å². The molecule has 1 aliphatic rings. The maximum Gasteiger partial charge on any atom is 0.0177 e. The van der Waals surface area contributed by atoms with Crippen LogP contribution in [-0.2, 0) is 0 Å². The number of benzene rings is 1. The second-order valence-corrected chi connectivity index (χ2v) is 6.02. The van der Waals surface area contributed by atoms with Crippen LogP contribution in [0, 0.1) is 19.8 Å². The predicted molar refractivity (Wildman–Crippen MR) is 69.8 cm³/mol. The second kappa shape index (κ2) is 4.29. The molecule has 1 saturated carbocycles. The highest BCUT2D eigenvalue weighted by Gasteiger charge is 2.32. The predicted octanol–water partition coefficient (Wildman–Crippen LogP) is 4.58. The highest BCUT2D eigenvalue weighted by molar-refractivity contribution is 9.09. The second-order valence-electron chi connectivity index (χ2n) is 4.85. The lowest BCUT2D eigenvalue weighted by molar-refractivity contribution is 0.542. The number of aryl methyl sites for hydroxylation is 1. The van der Waals surface area contributed by atoms with Gasteiger partial charge in [-0.15, -0.1) is 0 Å². The first-order chi connectivity index (χ1) is 7.11. The van der Waals surface area contributed by atoms with E-state index in [-0.39, 0.29) is 0 Å². The van der Waals surface area contributed by atoms with Gasteiger partial charge in [0, 0.05) is 4.83 Å². The molecule has 1 fully saturated rings. The number of hydrogen-bond donors (Lipinski definition) is 0. The molecule has 3 unspecified atom stereocenters. The fourth-order valence-corrected chi connectivity index (χ4v) is 3.36. The van der Waals surface area contributed by atoms with Crippen LogP contribution in [0.1, 0.15) is 42.4 Å². The minimum Gasteiger partial charge on any atom is -0.0888 e. The molecule has 1 heteroatoms. The smallest absolute Gasteiger partial charge is 0.0177 e. The first-order valence-corrected chi connectivity index (χ1v) is 6.73. The van der Waals surface area contributed by atoms with Crippen molar-refractivity contribution in [3.63, 3.8) is 0 Å². The van der Waals surface area contributed by atoms with Crippen molar-refractivity contribution in [3.8, 4) is 0 Å². The van der Waals surface area contributed by atoms with Crippen molar-refractivity contribution in [2.24, 2.45) is 5.92 Å². The number of rotatable bonds is 1. The summed E-state index contributed by atoms with van der Waals surface area (Å²) in [5.41, 5.74) is 4.50. The molecule has 0 spiro atoms. The molecule has 82 valence electrons. The lowest BCUT2D eigenvalue weighted by Crippen LogP contribution is -2.10. The third kappa shape index (κ3) is 1.99. The summed E-state index contributed by atoms with van der Waals surface area (Å²) in [5, 5.41) is 0. The zero-order valence-electron chi connectivity index (χ0n) is 9.76. The van der Waals surface area contributed by atoms with E-state index in [2.05, 4.69) is 54.9 Å². The van der Waals surface area contributed by atoms with Crippen LogP contribution >= 0.6 is 15.9 Å². The van der Waals surface area contributed by atoms with Crippen molar-refractivity contribution in [1.29, 1.82) is 0 Å². The van der Waals surface area contributed by atoms with E-state index in [9.17, 15) is 0 Å². The van der Waals surface area contributed by atoms with Gasteiger partial charge in [0.25, 0.3) is 0 Å². The summed E-state index contributed by atoms with van der Waals surface area (Å²) in [5.74, 6) is 1.53. The van der Waals surface area contributed by atoms with E-state index in [0.717, 1.165) is 11.8 Å². The number of hydrogen-bond acceptors (Lipinski definition) is 0. The van der Waals surface area contributed by atoms with Crippen LogP contribution in [0.25, 0.3) is 0 Å². The first-order valence-electron chi connectivity index (χ1n) is 5.81. The molecule has 0 aliphatic heterocycles. The van der Waals surface area contributed by atoms with Crippen LogP contribution < -0.4 is 0 Å². The fraction of sp³-hybridized carbons (Fsp3) is 0.571. The zero-order chi connectivity index (χ0) is 11.0. The van der Waals surface area contributed by atoms with Crippen molar-refractivity contribution in [1.82, 2.24) is 0 Å². The molecule has 0 radical (unpaired) electrons. The van der Waals surface area contributed by atoms with Crippen LogP contribution in [0.15, 0.2) is 18.2 Å². The van der Waals surface area contributed by atoms with Crippen LogP contribution in [0.2, 0.25) is 0 Å². The van der Waals surface area contributed by atoms with Crippen molar-refractivity contribution < 1.29 is 0 Å². The van der Waals surface area contributed by atoms with Gasteiger partial charge < -0.3 is 0 Å². The quantitative estimate of drug-likeness (QED) is 0.653. The van der Waals surface area contributed by atoms with Gasteiger partial charge in [-0.05, 0) is 55.2 Å². The molecule has 0 saturated heterocycles. The SMILES string of the molecule is Cc1cccc(C2CCC(Br)C2C)c1C. The monoisotopic (exact) mass is 266 g/mol. The van der Waals surface area contributed by atoms with E-state index in [1.165, 1.54) is 24.0 Å². The molecule has 0 bridgehead atoms. The summed E-state index contributed by atoms with van der Waals surface area (Å²) >= 11 is 3.78. The van der Waals surface area contributed by atoms with Gasteiger partial charge in [0.15, 0.2) is 0 Å². The standard InChI is InChI=1S/C14H19Br/c1-9-5-4-6-12(10(9)2)13-7-8-14(15)11(13)3/h4-6,11,13-14H,7-8H2,1-3H3. The molecule has 0 amide bonds. The molecule has 1 aromatic carbocycles. The van der Waals surface area contributed by atoms with E-state index in [4.69, 9.17) is 0 Å². The Labute approximate surface area is 101 Å². The van der Waals surface area contributed by atoms with Gasteiger partial charge in [-0.25, -0.2) is 0 Å². The van der Waals surface area contributed by atoms with Crippen molar-refractivity contribution in [2.45, 2.75) is 44.4 Å². The van der Waals surface area contributed by atoms with Gasteiger partial charge in [0.05, 0.1) is 0 Å². The Kier molecular flexibility index (Phi) is 3.20. The Hall–Kier alpha value is -0.300. The lowest BCUT2D eigenvalue weighted by atomic mass is 9.86. The molecule has 0 aromatic heterocycles. The third-order valence-electron chi connectivity index (χ3n) is 4.00. The highest BCUT2D eigenvalue weighted by atomic mass is 79.9. The molecular weight excluding hydrogens is 248 g/mol. The molecular formula is C14H19Br. The maximum absolute atomic E-state index is 3.78. The van der Waals surface area contributed by atoms with Crippen molar-refractivity contribution in [3.05, 3.63) is 34.9 Å². The molecule has 15 heavy (non-hydrogen) atoms. The summed E-state index contributed by atoms with van der Waals surface area (Å²) in [6.45, 7) is 6.85. The lowest BCUT2D eigenvalue weighted by Gasteiger charge is -2.20. The summed E-state index contributed by atoms with van der Waals surface area (Å²) in [7, 11) is 0. The Morgan fingerprint density at radius 1 is 1.20 bits per heavy atom. The van der Waals surface area contributed by atoms with Crippen LogP contribution in [-0.4, -0.2) is 4.83 Å². The van der Waals surface area contributed by atoms with Crippen LogP contribution in [0.3, 0.4) is 0 Å². The summed E-state index contributed by atoms with van der Waals surface area (Å²) in [4.78, 5) is 0.711. The Morgan fingerprint density at radius 2 is 1.93 bits per heavy atom. The van der Waals surface area contributed by atoms with E-state index >= 15 is 0 Å². The molecule has 2 rings (SSSR count). The highest BCUT2D eigenvalue weighted by Crippen LogP contribution is 2.44. The van der Waals surface area contributed by atoms with Crippen LogP contribution in [0.4, 0.5) is 0 Å². The minimum atomic E-state index is 0.711. The zero-order valence-corrected chi connectivity index (χ0v) is 11.3. The Morgan fingerprint density at radius 3 is 2.53 bits per heavy atom. The van der Waals surface area contributed by atoms with Gasteiger partial charge in [-0.3, -0.25) is 0 Å². The summed E-state index contributed by atoms with van der Waals surface area (Å²) in [6, 6.07) is 6.73. The van der Waals surface area contributed by atoms with Gasteiger partial charge in [-0.2, -0.15) is 0 Å². The van der Waals surface area contributed by atoms with Crippen molar-refractivity contribution >= 4 is 15.9 Å². The summed E-state index contributed by atoms with van der Waals surface area (Å²) < 4.78 is 0. The molecule has 0 nitrogen and oxygen atoms in total. The maximum atomic E-state index is 3.78. The molecule has 0 N–H and O–H groups in total. The average molecular weight is 267 g/mol. The van der Waals surface area contributed by atoms with Crippen LogP contribution in [0.5, 0.6) is 0 Å². The Balaban J connectivity index is 2.34. The molecule has 1 aliphatic carbocycles. The Bertz CT molecular complexity index is 356. The topological polar surface area (TPSA) is 0 Å². The largest absolute Gasteiger partial charge is 0.0888 e. The fourth-order valence-electron chi connectivity index (χ4n) is 2.73. The van der Waals surface area contributed by atoms with E-state index in [1.54, 1.807) is 5.56 Å². The van der Waals surface area contributed by atoms with E-state index < -0.39 is 0 Å². The molecule has 0 heterocycles. The molecule has 3 atom stereocenters. The first kappa shape index (κ1) is 11.2. The van der Waals surface area contributed by atoms with E-state index in [0.29, 0.717) is 4.83 Å². The minimum absolute atomic E-state index is 0.711. The molecule has 1 aromatic rings. The van der Waals surface area contributed by atoms with Crippen molar-refractivity contribution in [2.75, 3.05) is 0 Å². The van der Waals surface area contributed by atoms with Gasteiger partial charge in [0.2, 0.25) is 0 Å². The number of alkyl halides is 1. The number of halogens is 1. The van der Waals surface area contributed by atoms with Gasteiger partial charge >= 0.3 is 0 Å². The van der Waals surface area contributed by atoms with E-state index in [1.807, 2.05) is 0 Å². The van der Waals surface area contributed by atoms with Gasteiger partial charge in [-0.1, -0.05) is 41.1 Å². The summed E-state index contributed by atoms with van der Waals surface area (Å²) in [6.07, 6.45) is 2.65. The average Bonchev–Trinajstić information content (AvgIpc) is 2.53. The normalized spacial score (nSPS) is 30.8.